The fourth-order valence-corrected chi connectivity index (χ4v) is 2.32. The summed E-state index contributed by atoms with van der Waals surface area (Å²) in [6.45, 7) is 0.202. The van der Waals surface area contributed by atoms with E-state index >= 15 is 0 Å². The van der Waals surface area contributed by atoms with Gasteiger partial charge in [-0.2, -0.15) is 0 Å². The first kappa shape index (κ1) is 15.0. The van der Waals surface area contributed by atoms with Crippen LogP contribution in [0.2, 0.25) is 0 Å². The van der Waals surface area contributed by atoms with Crippen molar-refractivity contribution in [2.24, 2.45) is 0 Å². The molecule has 2 aromatic heterocycles. The molecule has 0 aliphatic heterocycles. The van der Waals surface area contributed by atoms with Crippen molar-refractivity contribution in [1.29, 1.82) is 0 Å². The predicted molar refractivity (Wildman–Crippen MR) is 80.2 cm³/mol. The lowest BCUT2D eigenvalue weighted by atomic mass is 10.2. The molecule has 0 aromatic carbocycles. The van der Waals surface area contributed by atoms with E-state index < -0.39 is 0 Å². The van der Waals surface area contributed by atoms with E-state index in [1.54, 1.807) is 30.8 Å². The fourth-order valence-electron chi connectivity index (χ4n) is 1.57. The molecule has 0 saturated carbocycles. The highest BCUT2D eigenvalue weighted by Gasteiger charge is 2.07. The van der Waals surface area contributed by atoms with Crippen LogP contribution >= 0.6 is 11.3 Å². The Morgan fingerprint density at radius 3 is 3.05 bits per heavy atom. The number of aliphatic hydroxyl groups excluding tert-OH is 1. The molecule has 0 radical (unpaired) electrons. The number of hydrogen-bond acceptors (Lipinski definition) is 5. The summed E-state index contributed by atoms with van der Waals surface area (Å²) in [5.74, 6) is 5.69. The molecule has 2 aromatic rings. The zero-order chi connectivity index (χ0) is 15.1. The Balaban J connectivity index is 1.93. The third kappa shape index (κ3) is 4.31. The average molecular weight is 302 g/mol. The first-order chi connectivity index (χ1) is 10.2. The molecule has 21 heavy (non-hydrogen) atoms. The molecule has 0 spiro atoms. The van der Waals surface area contributed by atoms with E-state index in [9.17, 15) is 4.79 Å². The summed E-state index contributed by atoms with van der Waals surface area (Å²) in [6.07, 6.45) is 1.66. The van der Waals surface area contributed by atoms with Gasteiger partial charge in [-0.05, 0) is 11.6 Å². The third-order valence-electron chi connectivity index (χ3n) is 2.61. The van der Waals surface area contributed by atoms with Crippen LogP contribution in [0, 0.1) is 11.8 Å². The number of nitrogens with zero attached hydrogens (tertiary/aromatic N) is 1. The van der Waals surface area contributed by atoms with E-state index in [1.807, 2.05) is 6.07 Å². The van der Waals surface area contributed by atoms with Gasteiger partial charge in [-0.25, -0.2) is 4.98 Å². The maximum atomic E-state index is 12.0. The molecule has 0 aliphatic rings. The van der Waals surface area contributed by atoms with E-state index in [2.05, 4.69) is 22.1 Å². The molecule has 0 atom stereocenters. The van der Waals surface area contributed by atoms with Crippen LogP contribution in [-0.2, 0) is 6.54 Å². The van der Waals surface area contributed by atoms with Crippen LogP contribution in [0.1, 0.15) is 20.8 Å². The number of thiophene rings is 1. The number of aliphatic hydroxyl groups is 1. The number of carbonyl (C=O) groups excluding carboxylic acids is 1. The number of aromatic nitrogens is 1. The zero-order valence-corrected chi connectivity index (χ0v) is 12.2. The smallest absolute Gasteiger partial charge is 0.252 e. The Hall–Kier alpha value is -2.36. The normalized spacial score (nSPS) is 9.62. The summed E-state index contributed by atoms with van der Waals surface area (Å²) in [5, 5.41) is 13.2. The highest BCUT2D eigenvalue weighted by Crippen LogP contribution is 2.13. The van der Waals surface area contributed by atoms with Gasteiger partial charge in [0.05, 0.1) is 17.6 Å². The van der Waals surface area contributed by atoms with Crippen molar-refractivity contribution in [1.82, 2.24) is 10.3 Å². The van der Waals surface area contributed by atoms with E-state index in [0.717, 1.165) is 10.4 Å². The van der Waals surface area contributed by atoms with Gasteiger partial charge < -0.3 is 15.2 Å². The monoisotopic (exact) mass is 302 g/mol. The van der Waals surface area contributed by atoms with E-state index in [1.165, 1.54) is 11.3 Å². The van der Waals surface area contributed by atoms with Gasteiger partial charge in [0, 0.05) is 24.2 Å². The topological polar surface area (TPSA) is 71.5 Å². The van der Waals surface area contributed by atoms with Gasteiger partial charge in [-0.3, -0.25) is 4.79 Å². The minimum absolute atomic E-state index is 0.167. The van der Waals surface area contributed by atoms with Gasteiger partial charge in [0.15, 0.2) is 0 Å². The Morgan fingerprint density at radius 2 is 2.38 bits per heavy atom. The predicted octanol–water partition coefficient (Wildman–Crippen LogP) is 1.43. The van der Waals surface area contributed by atoms with Crippen LogP contribution in [0.4, 0.5) is 0 Å². The second kappa shape index (κ2) is 7.43. The second-order valence-corrected chi connectivity index (χ2v) is 4.96. The maximum absolute atomic E-state index is 12.0. The Bertz CT molecular complexity index is 668. The average Bonchev–Trinajstić information content (AvgIpc) is 3.00. The Labute approximate surface area is 126 Å². The van der Waals surface area contributed by atoms with Crippen molar-refractivity contribution in [3.63, 3.8) is 0 Å². The van der Waals surface area contributed by atoms with Crippen LogP contribution in [-0.4, -0.2) is 29.7 Å². The van der Waals surface area contributed by atoms with Gasteiger partial charge in [0.2, 0.25) is 5.88 Å². The van der Waals surface area contributed by atoms with Crippen LogP contribution in [0.15, 0.2) is 29.8 Å². The molecule has 108 valence electrons. The number of pyridine rings is 1. The van der Waals surface area contributed by atoms with Crippen molar-refractivity contribution < 1.29 is 14.6 Å². The van der Waals surface area contributed by atoms with E-state index in [0.29, 0.717) is 18.0 Å². The molecule has 2 N–H and O–H groups in total. The number of nitrogens with one attached hydrogen (secondary N) is 1. The Morgan fingerprint density at radius 1 is 1.52 bits per heavy atom. The van der Waals surface area contributed by atoms with Crippen LogP contribution in [0.5, 0.6) is 5.88 Å². The van der Waals surface area contributed by atoms with E-state index in [4.69, 9.17) is 9.84 Å². The Kier molecular flexibility index (Phi) is 5.32. The first-order valence-electron chi connectivity index (χ1n) is 6.18. The van der Waals surface area contributed by atoms with Crippen molar-refractivity contribution in [3.05, 3.63) is 45.8 Å². The second-order valence-electron chi connectivity index (χ2n) is 4.05. The third-order valence-corrected chi connectivity index (χ3v) is 3.46. The summed E-state index contributed by atoms with van der Waals surface area (Å²) in [7, 11) is 1.55. The van der Waals surface area contributed by atoms with Crippen LogP contribution < -0.4 is 10.1 Å². The van der Waals surface area contributed by atoms with Gasteiger partial charge in [-0.1, -0.05) is 17.9 Å². The molecule has 2 heterocycles. The summed E-state index contributed by atoms with van der Waals surface area (Å²) in [5.41, 5.74) is 1.45. The number of rotatable bonds is 4. The summed E-state index contributed by atoms with van der Waals surface area (Å²) in [6, 6.07) is 5.29. The number of amides is 1. The molecule has 0 unspecified atom stereocenters. The van der Waals surface area contributed by atoms with Gasteiger partial charge in [0.1, 0.15) is 6.61 Å². The number of methoxy groups -OCH3 is 1. The minimum atomic E-state index is -0.191. The zero-order valence-electron chi connectivity index (χ0n) is 11.4. The van der Waals surface area contributed by atoms with Crippen LogP contribution in [0.3, 0.4) is 0 Å². The summed E-state index contributed by atoms with van der Waals surface area (Å²) < 4.78 is 4.97. The SMILES string of the molecule is COc1ccc(CNC(=O)c2csc(C#CCO)c2)cn1. The highest BCUT2D eigenvalue weighted by molar-refractivity contribution is 7.10. The van der Waals surface area contributed by atoms with Crippen molar-refractivity contribution in [2.75, 3.05) is 13.7 Å². The molecule has 2 rings (SSSR count). The highest BCUT2D eigenvalue weighted by atomic mass is 32.1. The fraction of sp³-hybridized carbons (Fsp3) is 0.200. The quantitative estimate of drug-likeness (QED) is 0.838. The number of hydrogen-bond donors (Lipinski definition) is 2. The molecular formula is C15H14N2O3S. The lowest BCUT2D eigenvalue weighted by Crippen LogP contribution is -2.22. The maximum Gasteiger partial charge on any atom is 0.252 e. The molecule has 5 nitrogen and oxygen atoms in total. The van der Waals surface area contributed by atoms with Crippen molar-refractivity contribution in [2.45, 2.75) is 6.54 Å². The number of carbonyl (C=O) groups is 1. The largest absolute Gasteiger partial charge is 0.481 e. The van der Waals surface area contributed by atoms with E-state index in [-0.39, 0.29) is 12.5 Å². The molecular weight excluding hydrogens is 288 g/mol. The molecule has 0 aliphatic carbocycles. The van der Waals surface area contributed by atoms with Crippen molar-refractivity contribution >= 4 is 17.2 Å². The molecule has 1 amide bonds. The number of ether oxygens (including phenoxy) is 1. The molecule has 0 fully saturated rings. The standard InChI is InChI=1S/C15H14N2O3S/c1-20-14-5-4-11(8-16-14)9-17-15(19)12-7-13(21-10-12)3-2-6-18/h4-5,7-8,10,18H,6,9H2,1H3,(H,17,19). The molecule has 0 bridgehead atoms. The van der Waals surface area contributed by atoms with Gasteiger partial charge in [0.25, 0.3) is 5.91 Å². The van der Waals surface area contributed by atoms with Crippen molar-refractivity contribution in [3.8, 4) is 17.7 Å². The van der Waals surface area contributed by atoms with Gasteiger partial charge >= 0.3 is 0 Å². The molecule has 0 saturated heterocycles. The minimum Gasteiger partial charge on any atom is -0.481 e. The lowest BCUT2D eigenvalue weighted by molar-refractivity contribution is 0.0951. The first-order valence-corrected chi connectivity index (χ1v) is 7.06. The lowest BCUT2D eigenvalue weighted by Gasteiger charge is -2.04. The summed E-state index contributed by atoms with van der Waals surface area (Å²) >= 11 is 1.37. The summed E-state index contributed by atoms with van der Waals surface area (Å²) in [4.78, 5) is 16.8. The molecule has 6 heteroatoms. The van der Waals surface area contributed by atoms with Crippen LogP contribution in [0.25, 0.3) is 0 Å². The van der Waals surface area contributed by atoms with Gasteiger partial charge in [-0.15, -0.1) is 11.3 Å².